The number of fused-ring (bicyclic) bond motifs is 1. The summed E-state index contributed by atoms with van der Waals surface area (Å²) < 4.78 is 28.2. The van der Waals surface area contributed by atoms with Crippen LogP contribution in [-0.4, -0.2) is 33.1 Å². The molecule has 0 aliphatic carbocycles. The Labute approximate surface area is 114 Å². The maximum Gasteiger partial charge on any atom is 0.151 e. The first-order valence-corrected chi connectivity index (χ1v) is 8.48. The molecule has 104 valence electrons. The predicted octanol–water partition coefficient (Wildman–Crippen LogP) is 1.86. The van der Waals surface area contributed by atoms with Crippen LogP contribution < -0.4 is 10.1 Å². The zero-order valence-corrected chi connectivity index (χ0v) is 11.9. The number of rotatable bonds is 3. The summed E-state index contributed by atoms with van der Waals surface area (Å²) in [6.07, 6.45) is 2.28. The predicted molar refractivity (Wildman–Crippen MR) is 75.5 cm³/mol. The van der Waals surface area contributed by atoms with Crippen molar-refractivity contribution in [1.29, 1.82) is 0 Å². The third-order valence-electron chi connectivity index (χ3n) is 3.74. The molecule has 3 rings (SSSR count). The molecule has 2 heterocycles. The summed E-state index contributed by atoms with van der Waals surface area (Å²) in [5, 5.41) is 3.37. The van der Waals surface area contributed by atoms with Crippen molar-refractivity contribution in [3.63, 3.8) is 0 Å². The molecule has 0 spiro atoms. The van der Waals surface area contributed by atoms with Crippen molar-refractivity contribution in [2.24, 2.45) is 5.41 Å². The Morgan fingerprint density at radius 2 is 2.16 bits per heavy atom. The fraction of sp³-hybridized carbons (Fsp3) is 0.571. The lowest BCUT2D eigenvalue weighted by Gasteiger charge is -2.37. The van der Waals surface area contributed by atoms with Crippen molar-refractivity contribution in [1.82, 2.24) is 0 Å². The van der Waals surface area contributed by atoms with E-state index in [0.29, 0.717) is 6.61 Å². The molecule has 0 saturated carbocycles. The largest absolute Gasteiger partial charge is 0.493 e. The van der Waals surface area contributed by atoms with E-state index in [1.165, 1.54) is 12.0 Å². The smallest absolute Gasteiger partial charge is 0.151 e. The normalized spacial score (nSPS) is 22.8. The molecule has 1 aromatic rings. The Bertz CT molecular complexity index is 583. The van der Waals surface area contributed by atoms with E-state index in [-0.39, 0.29) is 16.9 Å². The number of aryl methyl sites for hydroxylation is 1. The van der Waals surface area contributed by atoms with Gasteiger partial charge >= 0.3 is 0 Å². The van der Waals surface area contributed by atoms with Crippen molar-refractivity contribution in [3.05, 3.63) is 23.8 Å². The second-order valence-electron chi connectivity index (χ2n) is 5.98. The van der Waals surface area contributed by atoms with Gasteiger partial charge in [-0.15, -0.1) is 0 Å². The molecule has 0 aromatic heterocycles. The Kier molecular flexibility index (Phi) is 2.96. The molecule has 19 heavy (non-hydrogen) atoms. The average molecular weight is 281 g/mol. The summed E-state index contributed by atoms with van der Waals surface area (Å²) in [7, 11) is -2.80. The number of benzene rings is 1. The zero-order chi connectivity index (χ0) is 13.5. The first-order chi connectivity index (χ1) is 8.96. The van der Waals surface area contributed by atoms with Gasteiger partial charge in [0.1, 0.15) is 5.75 Å². The minimum Gasteiger partial charge on any atom is -0.493 e. The molecule has 2 aliphatic heterocycles. The van der Waals surface area contributed by atoms with Crippen molar-refractivity contribution in [3.8, 4) is 5.75 Å². The molecule has 0 atom stereocenters. The summed E-state index contributed by atoms with van der Waals surface area (Å²) in [6.45, 7) is 3.43. The van der Waals surface area contributed by atoms with E-state index in [0.717, 1.165) is 24.4 Å². The molecule has 5 heteroatoms. The van der Waals surface area contributed by atoms with Crippen LogP contribution in [0, 0.1) is 5.41 Å². The van der Waals surface area contributed by atoms with E-state index in [1.54, 1.807) is 0 Å². The summed E-state index contributed by atoms with van der Waals surface area (Å²) >= 11 is 0. The van der Waals surface area contributed by atoms with Crippen LogP contribution in [-0.2, 0) is 16.3 Å². The standard InChI is InChI=1S/C14H19NO3S/c1-14(9-19(16,17)10-14)8-18-12-5-4-11-3-2-6-15-13(11)7-12/h4-5,7,15H,2-3,6,8-10H2,1H3. The Morgan fingerprint density at radius 3 is 2.89 bits per heavy atom. The molecular formula is C14H19NO3S. The van der Waals surface area contributed by atoms with Gasteiger partial charge in [0.15, 0.2) is 9.84 Å². The third-order valence-corrected chi connectivity index (χ3v) is 6.02. The Balaban J connectivity index is 1.65. The summed E-state index contributed by atoms with van der Waals surface area (Å²) in [6, 6.07) is 6.09. The number of nitrogens with one attached hydrogen (secondary N) is 1. The van der Waals surface area contributed by atoms with Gasteiger partial charge in [-0.3, -0.25) is 0 Å². The Hall–Kier alpha value is -1.23. The fourth-order valence-corrected chi connectivity index (χ4v) is 5.10. The van der Waals surface area contributed by atoms with E-state index < -0.39 is 9.84 Å². The summed E-state index contributed by atoms with van der Waals surface area (Å²) in [5.74, 6) is 1.30. The zero-order valence-electron chi connectivity index (χ0n) is 11.1. The fourth-order valence-electron chi connectivity index (χ4n) is 2.89. The van der Waals surface area contributed by atoms with E-state index in [9.17, 15) is 8.42 Å². The number of ether oxygens (including phenoxy) is 1. The van der Waals surface area contributed by atoms with Crippen LogP contribution in [0.15, 0.2) is 18.2 Å². The minimum atomic E-state index is -2.80. The lowest BCUT2D eigenvalue weighted by Crippen LogP contribution is -2.50. The van der Waals surface area contributed by atoms with Gasteiger partial charge in [0.05, 0.1) is 18.1 Å². The van der Waals surface area contributed by atoms with Crippen molar-refractivity contribution < 1.29 is 13.2 Å². The quantitative estimate of drug-likeness (QED) is 0.919. The molecule has 2 aliphatic rings. The topological polar surface area (TPSA) is 55.4 Å². The molecule has 0 amide bonds. The lowest BCUT2D eigenvalue weighted by molar-refractivity contribution is 0.188. The molecular weight excluding hydrogens is 262 g/mol. The van der Waals surface area contributed by atoms with Gasteiger partial charge in [-0.1, -0.05) is 13.0 Å². The Morgan fingerprint density at radius 1 is 1.37 bits per heavy atom. The van der Waals surface area contributed by atoms with Crippen LogP contribution in [0.5, 0.6) is 5.75 Å². The van der Waals surface area contributed by atoms with Crippen LogP contribution in [0.25, 0.3) is 0 Å². The summed E-state index contributed by atoms with van der Waals surface area (Å²) in [5.41, 5.74) is 2.26. The van der Waals surface area contributed by atoms with Crippen LogP contribution in [0.1, 0.15) is 18.9 Å². The van der Waals surface area contributed by atoms with Gasteiger partial charge in [0.2, 0.25) is 0 Å². The molecule has 0 radical (unpaired) electrons. The second kappa shape index (κ2) is 4.40. The van der Waals surface area contributed by atoms with Gasteiger partial charge in [0, 0.05) is 23.7 Å². The van der Waals surface area contributed by atoms with E-state index in [1.807, 2.05) is 19.1 Å². The van der Waals surface area contributed by atoms with Crippen molar-refractivity contribution >= 4 is 15.5 Å². The van der Waals surface area contributed by atoms with E-state index in [2.05, 4.69) is 11.4 Å². The molecule has 0 bridgehead atoms. The van der Waals surface area contributed by atoms with Gasteiger partial charge in [-0.2, -0.15) is 0 Å². The van der Waals surface area contributed by atoms with Gasteiger partial charge in [0.25, 0.3) is 0 Å². The van der Waals surface area contributed by atoms with Crippen molar-refractivity contribution in [2.75, 3.05) is 30.0 Å². The van der Waals surface area contributed by atoms with Crippen LogP contribution in [0.3, 0.4) is 0 Å². The molecule has 1 fully saturated rings. The highest BCUT2D eigenvalue weighted by molar-refractivity contribution is 7.92. The average Bonchev–Trinajstić information content (AvgIpc) is 2.34. The SMILES string of the molecule is CC1(COc2ccc3c(c2)NCCC3)CS(=O)(=O)C1. The maximum absolute atomic E-state index is 11.2. The first kappa shape index (κ1) is 12.8. The van der Waals surface area contributed by atoms with Crippen LogP contribution in [0.2, 0.25) is 0 Å². The van der Waals surface area contributed by atoms with Crippen molar-refractivity contribution in [2.45, 2.75) is 19.8 Å². The lowest BCUT2D eigenvalue weighted by atomic mass is 9.96. The third kappa shape index (κ3) is 2.71. The number of hydrogen-bond donors (Lipinski definition) is 1. The monoisotopic (exact) mass is 281 g/mol. The highest BCUT2D eigenvalue weighted by Gasteiger charge is 2.45. The number of anilines is 1. The maximum atomic E-state index is 11.2. The number of hydrogen-bond acceptors (Lipinski definition) is 4. The summed E-state index contributed by atoms with van der Waals surface area (Å²) in [4.78, 5) is 0. The minimum absolute atomic E-state index is 0.220. The van der Waals surface area contributed by atoms with Crippen LogP contribution in [0.4, 0.5) is 5.69 Å². The van der Waals surface area contributed by atoms with E-state index >= 15 is 0 Å². The highest BCUT2D eigenvalue weighted by atomic mass is 32.2. The molecule has 1 saturated heterocycles. The van der Waals surface area contributed by atoms with Crippen LogP contribution >= 0.6 is 0 Å². The van der Waals surface area contributed by atoms with Gasteiger partial charge in [-0.05, 0) is 24.5 Å². The molecule has 1 aromatic carbocycles. The second-order valence-corrected chi connectivity index (χ2v) is 8.05. The first-order valence-electron chi connectivity index (χ1n) is 6.66. The molecule has 4 nitrogen and oxygen atoms in total. The molecule has 0 unspecified atom stereocenters. The molecule has 1 N–H and O–H groups in total. The van der Waals surface area contributed by atoms with E-state index in [4.69, 9.17) is 4.74 Å². The van der Waals surface area contributed by atoms with Gasteiger partial charge in [-0.25, -0.2) is 8.42 Å². The van der Waals surface area contributed by atoms with Gasteiger partial charge < -0.3 is 10.1 Å². The highest BCUT2D eigenvalue weighted by Crippen LogP contribution is 2.34. The number of sulfone groups is 1.